The summed E-state index contributed by atoms with van der Waals surface area (Å²) in [6.07, 6.45) is 3.17. The van der Waals surface area contributed by atoms with Crippen LogP contribution >= 0.6 is 0 Å². The fourth-order valence-corrected chi connectivity index (χ4v) is 0.859. The Kier molecular flexibility index (Phi) is 22.8. The third-order valence-electron chi connectivity index (χ3n) is 1.22. The van der Waals surface area contributed by atoms with Gasteiger partial charge in [0.25, 0.3) is 0 Å². The predicted molar refractivity (Wildman–Crippen MR) is 79.1 cm³/mol. The first-order valence-electron chi connectivity index (χ1n) is 5.96. The third kappa shape index (κ3) is 51.4. The molecule has 0 N–H and O–H groups in total. The number of hydrogen-bond donors (Lipinski definition) is 0. The van der Waals surface area contributed by atoms with Gasteiger partial charge in [-0.1, -0.05) is 20.8 Å². The second-order valence-electron chi connectivity index (χ2n) is 4.10. The first-order valence-corrected chi connectivity index (χ1v) is 5.96. The summed E-state index contributed by atoms with van der Waals surface area (Å²) >= 11 is 0. The van der Waals surface area contributed by atoms with Crippen molar-refractivity contribution in [3.8, 4) is 0 Å². The van der Waals surface area contributed by atoms with Gasteiger partial charge in [-0.15, -0.1) is 17.3 Å². The molecular weight excluding hydrogens is 387 g/mol. The van der Waals surface area contributed by atoms with Crippen LogP contribution in [0, 0.1) is 0 Å². The quantitative estimate of drug-likeness (QED) is 0.443. The van der Waals surface area contributed by atoms with Crippen LogP contribution in [0.2, 0.25) is 0 Å². The smallest absolute Gasteiger partial charge is 0.876 e. The number of allylic oxidation sites excluding steroid dienone is 6. The Morgan fingerprint density at radius 1 is 0.545 bits per heavy atom. The maximum absolute atomic E-state index is 9.98. The minimum absolute atomic E-state index is 0. The van der Waals surface area contributed by atoms with Crippen LogP contribution in [-0.2, 0) is 14.4 Å². The molecule has 0 saturated carbocycles. The van der Waals surface area contributed by atoms with Gasteiger partial charge in [0.15, 0.2) is 17.3 Å². The molecule has 0 rings (SSSR count). The van der Waals surface area contributed by atoms with E-state index in [0.29, 0.717) is 0 Å². The second-order valence-corrected chi connectivity index (χ2v) is 4.10. The van der Waals surface area contributed by atoms with Gasteiger partial charge in [0.2, 0.25) is 0 Å². The molecule has 0 aromatic rings. The molecule has 0 aromatic carbocycles. The molecule has 0 fully saturated rings. The van der Waals surface area contributed by atoms with Crippen LogP contribution in [0.15, 0.2) is 35.5 Å². The van der Waals surface area contributed by atoms with Crippen LogP contribution < -0.4 is 15.3 Å². The number of hydrogen-bond acceptors (Lipinski definition) is 6. The third-order valence-corrected chi connectivity index (χ3v) is 1.22. The minimum Gasteiger partial charge on any atom is -0.876 e. The van der Waals surface area contributed by atoms with E-state index in [2.05, 4.69) is 0 Å². The Balaban J connectivity index is -0.000000108. The van der Waals surface area contributed by atoms with Gasteiger partial charge in [0.05, 0.1) is 0 Å². The van der Waals surface area contributed by atoms with E-state index in [1.807, 2.05) is 0 Å². The van der Waals surface area contributed by atoms with E-state index in [1.54, 1.807) is 0 Å². The maximum Gasteiger partial charge on any atom is 3.00 e. The maximum atomic E-state index is 9.98. The Labute approximate surface area is 150 Å². The monoisotopic (exact) mass is 408 g/mol. The summed E-state index contributed by atoms with van der Waals surface area (Å²) in [6.45, 7) is 8.09. The van der Waals surface area contributed by atoms with E-state index >= 15 is 0 Å². The van der Waals surface area contributed by atoms with Crippen LogP contribution in [-0.4, -0.2) is 43.2 Å². The molecule has 0 spiro atoms. The topological polar surface area (TPSA) is 120 Å². The van der Waals surface area contributed by atoms with E-state index in [4.69, 9.17) is 0 Å². The fourth-order valence-electron chi connectivity index (χ4n) is 0.859. The standard InChI is InChI=1S/3C5H8O2.In/c3*1-4(6)3-5(2)7;/h3*3,6H,1-2H3;/q;;;+3/p-3/b3*4-3-;/i;;;1-4. The van der Waals surface area contributed by atoms with Gasteiger partial charge in [-0.25, -0.2) is 0 Å². The molecule has 0 radical (unpaired) electrons. The van der Waals surface area contributed by atoms with E-state index < -0.39 is 0 Å². The summed E-state index contributed by atoms with van der Waals surface area (Å²) in [5, 5.41) is 29.9. The molecule has 22 heavy (non-hydrogen) atoms. The summed E-state index contributed by atoms with van der Waals surface area (Å²) in [4.78, 5) is 29.9. The molecule has 7 heteroatoms. The van der Waals surface area contributed by atoms with E-state index in [1.165, 1.54) is 41.5 Å². The summed E-state index contributed by atoms with van der Waals surface area (Å²) < 4.78 is 0. The fraction of sp³-hybridized carbons (Fsp3) is 0.400. The van der Waals surface area contributed by atoms with Crippen molar-refractivity contribution >= 4 is 43.2 Å². The molecule has 0 bridgehead atoms. The number of ketones is 3. The van der Waals surface area contributed by atoms with Gasteiger partial charge >= 0.3 is 25.8 Å². The molecule has 0 heterocycles. The van der Waals surface area contributed by atoms with Crippen molar-refractivity contribution in [2.45, 2.75) is 41.5 Å². The van der Waals surface area contributed by atoms with Crippen LogP contribution in [0.3, 0.4) is 0 Å². The number of carbonyl (C=O) groups is 3. The number of rotatable bonds is 3. The molecule has 0 atom stereocenters. The molecule has 0 unspecified atom stereocenters. The summed E-state index contributed by atoms with van der Waals surface area (Å²) in [6, 6.07) is 0. The summed E-state index contributed by atoms with van der Waals surface area (Å²) in [5.74, 6) is -1.12. The largest absolute Gasteiger partial charge is 3.00 e. The normalized spacial score (nSPS) is 10.9. The Morgan fingerprint density at radius 3 is 0.682 bits per heavy atom. The van der Waals surface area contributed by atoms with Gasteiger partial charge in [-0.3, -0.25) is 14.4 Å². The van der Waals surface area contributed by atoms with Crippen LogP contribution in [0.5, 0.6) is 0 Å². The SMILES string of the molecule is CC(=O)/C=C(/C)[O-].CC(=O)/C=C(/C)[O-].CC(=O)/C=C(/C)[O-].[111In+3]. The van der Waals surface area contributed by atoms with Crippen molar-refractivity contribution in [2.75, 3.05) is 0 Å². The van der Waals surface area contributed by atoms with Crippen molar-refractivity contribution in [2.24, 2.45) is 0 Å². The van der Waals surface area contributed by atoms with Crippen molar-refractivity contribution in [1.29, 1.82) is 0 Å². The molecule has 0 saturated heterocycles. The van der Waals surface area contributed by atoms with Crippen molar-refractivity contribution in [1.82, 2.24) is 0 Å². The van der Waals surface area contributed by atoms with E-state index in [0.717, 1.165) is 18.2 Å². The zero-order valence-electron chi connectivity index (χ0n) is 13.8. The molecule has 0 aliphatic rings. The van der Waals surface area contributed by atoms with Gasteiger partial charge in [-0.2, -0.15) is 0 Å². The average Bonchev–Trinajstić information content (AvgIpc) is 2.10. The Morgan fingerprint density at radius 2 is 0.682 bits per heavy atom. The van der Waals surface area contributed by atoms with Crippen molar-refractivity contribution < 1.29 is 29.7 Å². The van der Waals surface area contributed by atoms with Crippen molar-refractivity contribution in [3.63, 3.8) is 0 Å². The Bertz CT molecular complexity index is 368. The Hall–Kier alpha value is -1.50. The molecule has 120 valence electrons. The molecule has 0 aromatic heterocycles. The summed E-state index contributed by atoms with van der Waals surface area (Å²) in [5.41, 5.74) is 0. The van der Waals surface area contributed by atoms with E-state index in [-0.39, 0.29) is 60.5 Å². The molecule has 0 aliphatic carbocycles. The van der Waals surface area contributed by atoms with E-state index in [9.17, 15) is 29.7 Å². The van der Waals surface area contributed by atoms with Gasteiger partial charge in [-0.05, 0) is 39.0 Å². The first-order chi connectivity index (χ1) is 9.38. The first kappa shape index (κ1) is 28.6. The average molecular weight is 408 g/mol. The van der Waals surface area contributed by atoms with Crippen LogP contribution in [0.4, 0.5) is 0 Å². The predicted octanol–water partition coefficient (Wildman–Crippen LogP) is -0.862. The zero-order valence-corrected chi connectivity index (χ0v) is 17.1. The van der Waals surface area contributed by atoms with Crippen LogP contribution in [0.1, 0.15) is 41.5 Å². The molecular formula is C15H21InO6. The van der Waals surface area contributed by atoms with Gasteiger partial charge < -0.3 is 15.3 Å². The molecule has 0 amide bonds. The molecule has 6 nitrogen and oxygen atoms in total. The summed E-state index contributed by atoms with van der Waals surface area (Å²) in [7, 11) is 0. The van der Waals surface area contributed by atoms with Crippen LogP contribution in [0.25, 0.3) is 0 Å². The zero-order chi connectivity index (χ0) is 17.6. The molecule has 0 aliphatic heterocycles. The van der Waals surface area contributed by atoms with Crippen molar-refractivity contribution in [3.05, 3.63) is 35.5 Å². The van der Waals surface area contributed by atoms with Gasteiger partial charge in [0, 0.05) is 0 Å². The number of carbonyl (C=O) groups excluding carboxylic acids is 3. The second kappa shape index (κ2) is 17.6. The minimum atomic E-state index is -0.187. The van der Waals surface area contributed by atoms with Gasteiger partial charge in [0.1, 0.15) is 0 Å².